The normalized spacial score (nSPS) is 14.2. The minimum atomic E-state index is -0.408. The summed E-state index contributed by atoms with van der Waals surface area (Å²) in [5, 5.41) is 0.748. The van der Waals surface area contributed by atoms with Gasteiger partial charge in [-0.05, 0) is 48.7 Å². The van der Waals surface area contributed by atoms with Crippen molar-refractivity contribution in [2.45, 2.75) is 18.9 Å². The average molecular weight is 325 g/mol. The fourth-order valence-electron chi connectivity index (χ4n) is 2.02. The van der Waals surface area contributed by atoms with Crippen molar-refractivity contribution in [2.75, 3.05) is 0 Å². The predicted octanol–water partition coefficient (Wildman–Crippen LogP) is 4.52. The molecule has 0 aliphatic rings. The van der Waals surface area contributed by atoms with E-state index in [0.717, 1.165) is 27.0 Å². The molecule has 3 heteroatoms. The summed E-state index contributed by atoms with van der Waals surface area (Å²) in [5.41, 5.74) is 8.27. The number of benzene rings is 2. The number of nitrogens with two attached hydrogens (primary N) is 1. The molecule has 0 bridgehead atoms. The van der Waals surface area contributed by atoms with Crippen molar-refractivity contribution >= 4 is 27.5 Å². The van der Waals surface area contributed by atoms with Gasteiger partial charge in [-0.2, -0.15) is 0 Å². The van der Waals surface area contributed by atoms with Crippen molar-refractivity contribution in [1.29, 1.82) is 0 Å². The molecule has 0 fully saturated rings. The van der Waals surface area contributed by atoms with E-state index in [-0.39, 0.29) is 0 Å². The van der Waals surface area contributed by atoms with E-state index in [0.29, 0.717) is 0 Å². The molecule has 0 aliphatic carbocycles. The van der Waals surface area contributed by atoms with E-state index in [1.807, 2.05) is 37.3 Å². The van der Waals surface area contributed by atoms with Gasteiger partial charge in [0, 0.05) is 15.0 Å². The van der Waals surface area contributed by atoms with Crippen molar-refractivity contribution in [3.05, 3.63) is 69.2 Å². The molecule has 0 saturated carbocycles. The highest BCUT2D eigenvalue weighted by Gasteiger charge is 2.21. The lowest BCUT2D eigenvalue weighted by molar-refractivity contribution is 0.491. The Balaban J connectivity index is 2.26. The lowest BCUT2D eigenvalue weighted by Gasteiger charge is -2.25. The Morgan fingerprint density at radius 2 is 1.89 bits per heavy atom. The molecule has 2 aromatic rings. The Labute approximate surface area is 121 Å². The van der Waals surface area contributed by atoms with Crippen LogP contribution in [0.4, 0.5) is 0 Å². The summed E-state index contributed by atoms with van der Waals surface area (Å²) < 4.78 is 1.04. The summed E-state index contributed by atoms with van der Waals surface area (Å²) in [7, 11) is 0. The van der Waals surface area contributed by atoms with Crippen molar-refractivity contribution in [3.8, 4) is 0 Å². The third-order valence-electron chi connectivity index (χ3n) is 2.94. The molecule has 2 rings (SSSR count). The standard InChI is InChI=1S/C15H15BrClN/c1-15(18,12-5-3-6-13(16)9-12)10-11-4-2-7-14(17)8-11/h2-9H,10,18H2,1H3. The first-order chi connectivity index (χ1) is 8.47. The molecule has 2 aromatic carbocycles. The summed E-state index contributed by atoms with van der Waals surface area (Å²) in [6.45, 7) is 2.04. The van der Waals surface area contributed by atoms with E-state index in [4.69, 9.17) is 17.3 Å². The van der Waals surface area contributed by atoms with Crippen LogP contribution in [0.3, 0.4) is 0 Å². The Morgan fingerprint density at radius 3 is 2.56 bits per heavy atom. The Morgan fingerprint density at radius 1 is 1.17 bits per heavy atom. The second kappa shape index (κ2) is 5.43. The molecule has 0 saturated heterocycles. The summed E-state index contributed by atoms with van der Waals surface area (Å²) in [6, 6.07) is 16.0. The maximum absolute atomic E-state index is 6.43. The van der Waals surface area contributed by atoms with Gasteiger partial charge in [0.2, 0.25) is 0 Å². The highest BCUT2D eigenvalue weighted by molar-refractivity contribution is 9.10. The van der Waals surface area contributed by atoms with Crippen LogP contribution in [-0.2, 0) is 12.0 Å². The molecule has 2 N–H and O–H groups in total. The molecule has 18 heavy (non-hydrogen) atoms. The quantitative estimate of drug-likeness (QED) is 0.882. The van der Waals surface area contributed by atoms with Crippen LogP contribution in [0.2, 0.25) is 5.02 Å². The number of hydrogen-bond acceptors (Lipinski definition) is 1. The van der Waals surface area contributed by atoms with Crippen LogP contribution in [0.15, 0.2) is 53.0 Å². The van der Waals surface area contributed by atoms with Crippen molar-refractivity contribution in [3.63, 3.8) is 0 Å². The zero-order valence-corrected chi connectivity index (χ0v) is 12.5. The van der Waals surface area contributed by atoms with Gasteiger partial charge in [-0.1, -0.05) is 51.8 Å². The highest BCUT2D eigenvalue weighted by atomic mass is 79.9. The number of rotatable bonds is 3. The molecule has 1 unspecified atom stereocenters. The van der Waals surface area contributed by atoms with Gasteiger partial charge >= 0.3 is 0 Å². The highest BCUT2D eigenvalue weighted by Crippen LogP contribution is 2.26. The molecule has 0 aliphatic heterocycles. The Bertz CT molecular complexity index is 552. The molecule has 0 spiro atoms. The third-order valence-corrected chi connectivity index (χ3v) is 3.67. The predicted molar refractivity (Wildman–Crippen MR) is 80.8 cm³/mol. The van der Waals surface area contributed by atoms with Gasteiger partial charge in [-0.25, -0.2) is 0 Å². The number of hydrogen-bond donors (Lipinski definition) is 1. The SMILES string of the molecule is CC(N)(Cc1cccc(Cl)c1)c1cccc(Br)c1. The topological polar surface area (TPSA) is 26.0 Å². The Kier molecular flexibility index (Phi) is 4.10. The third kappa shape index (κ3) is 3.35. The number of halogens is 2. The molecule has 1 nitrogen and oxygen atoms in total. The summed E-state index contributed by atoms with van der Waals surface area (Å²) in [4.78, 5) is 0. The second-order valence-electron chi connectivity index (χ2n) is 4.73. The molecule has 0 radical (unpaired) electrons. The largest absolute Gasteiger partial charge is 0.321 e. The lowest BCUT2D eigenvalue weighted by atomic mass is 9.87. The van der Waals surface area contributed by atoms with Crippen LogP contribution in [-0.4, -0.2) is 0 Å². The van der Waals surface area contributed by atoms with Gasteiger partial charge in [0.15, 0.2) is 0 Å². The lowest BCUT2D eigenvalue weighted by Crippen LogP contribution is -2.35. The van der Waals surface area contributed by atoms with Gasteiger partial charge in [-0.3, -0.25) is 0 Å². The van der Waals surface area contributed by atoms with Crippen molar-refractivity contribution < 1.29 is 0 Å². The van der Waals surface area contributed by atoms with E-state index < -0.39 is 5.54 Å². The van der Waals surface area contributed by atoms with Gasteiger partial charge < -0.3 is 5.73 Å². The molecule has 0 aromatic heterocycles. The van der Waals surface area contributed by atoms with Gasteiger partial charge in [-0.15, -0.1) is 0 Å². The van der Waals surface area contributed by atoms with Crippen LogP contribution in [0.1, 0.15) is 18.1 Å². The minimum absolute atomic E-state index is 0.408. The second-order valence-corrected chi connectivity index (χ2v) is 6.09. The fourth-order valence-corrected chi connectivity index (χ4v) is 2.63. The molecular formula is C15H15BrClN. The minimum Gasteiger partial charge on any atom is -0.321 e. The van der Waals surface area contributed by atoms with Crippen molar-refractivity contribution in [2.24, 2.45) is 5.73 Å². The van der Waals surface area contributed by atoms with Crippen LogP contribution in [0.5, 0.6) is 0 Å². The van der Waals surface area contributed by atoms with E-state index in [2.05, 4.69) is 34.1 Å². The van der Waals surface area contributed by atoms with Crippen LogP contribution >= 0.6 is 27.5 Å². The van der Waals surface area contributed by atoms with Crippen molar-refractivity contribution in [1.82, 2.24) is 0 Å². The first kappa shape index (κ1) is 13.6. The van der Waals surface area contributed by atoms with E-state index in [9.17, 15) is 0 Å². The summed E-state index contributed by atoms with van der Waals surface area (Å²) in [5.74, 6) is 0. The first-order valence-corrected chi connectivity index (χ1v) is 6.94. The van der Waals surface area contributed by atoms with Gasteiger partial charge in [0.05, 0.1) is 0 Å². The van der Waals surface area contributed by atoms with Crippen LogP contribution in [0, 0.1) is 0 Å². The molecular weight excluding hydrogens is 310 g/mol. The maximum atomic E-state index is 6.43. The molecule has 1 atom stereocenters. The molecule has 0 heterocycles. The zero-order valence-electron chi connectivity index (χ0n) is 10.2. The smallest absolute Gasteiger partial charge is 0.0422 e. The van der Waals surface area contributed by atoms with E-state index in [1.54, 1.807) is 0 Å². The average Bonchev–Trinajstić information content (AvgIpc) is 2.28. The summed E-state index contributed by atoms with van der Waals surface area (Å²) >= 11 is 9.47. The van der Waals surface area contributed by atoms with Crippen LogP contribution < -0.4 is 5.73 Å². The van der Waals surface area contributed by atoms with Gasteiger partial charge in [0.25, 0.3) is 0 Å². The first-order valence-electron chi connectivity index (χ1n) is 5.77. The van der Waals surface area contributed by atoms with Gasteiger partial charge in [0.1, 0.15) is 0 Å². The van der Waals surface area contributed by atoms with E-state index in [1.165, 1.54) is 0 Å². The molecule has 94 valence electrons. The molecule has 0 amide bonds. The Hall–Kier alpha value is -0.830. The van der Waals surface area contributed by atoms with E-state index >= 15 is 0 Å². The fraction of sp³-hybridized carbons (Fsp3) is 0.200. The zero-order chi connectivity index (χ0) is 13.2. The summed E-state index contributed by atoms with van der Waals surface area (Å²) in [6.07, 6.45) is 0.754. The maximum Gasteiger partial charge on any atom is 0.0422 e. The van der Waals surface area contributed by atoms with Crippen LogP contribution in [0.25, 0.3) is 0 Å². The monoisotopic (exact) mass is 323 g/mol.